The van der Waals surface area contributed by atoms with E-state index in [0.717, 1.165) is 16.0 Å². The van der Waals surface area contributed by atoms with Crippen LogP contribution >= 0.6 is 11.3 Å². The maximum atomic E-state index is 11.7. The highest BCUT2D eigenvalue weighted by Gasteiger charge is 2.13. The smallest absolute Gasteiger partial charge is 0.308 e. The summed E-state index contributed by atoms with van der Waals surface area (Å²) in [5.41, 5.74) is 0.773. The molecule has 0 unspecified atom stereocenters. The Balaban J connectivity index is 1.99. The molecule has 21 heavy (non-hydrogen) atoms. The van der Waals surface area contributed by atoms with Crippen molar-refractivity contribution < 1.29 is 19.1 Å². The molecule has 6 nitrogen and oxygen atoms in total. The Kier molecular flexibility index (Phi) is 4.74. The Hall–Kier alpha value is -2.15. The first-order valence-electron chi connectivity index (χ1n) is 6.40. The van der Waals surface area contributed by atoms with E-state index in [0.29, 0.717) is 5.13 Å². The van der Waals surface area contributed by atoms with Crippen LogP contribution in [0.3, 0.4) is 0 Å². The van der Waals surface area contributed by atoms with E-state index in [-0.39, 0.29) is 12.5 Å². The number of methoxy groups -OCH3 is 1. The fraction of sp³-hybridized carbons (Fsp3) is 0.357. The highest BCUT2D eigenvalue weighted by molar-refractivity contribution is 7.22. The second-order valence-corrected chi connectivity index (χ2v) is 5.69. The third-order valence-corrected chi connectivity index (χ3v) is 3.59. The predicted molar refractivity (Wildman–Crippen MR) is 80.6 cm³/mol. The number of hydrogen-bond acceptors (Lipinski definition) is 6. The number of nitrogens with one attached hydrogen (secondary N) is 1. The lowest BCUT2D eigenvalue weighted by Gasteiger charge is -2.06. The van der Waals surface area contributed by atoms with Crippen molar-refractivity contribution in [2.75, 3.05) is 19.0 Å². The van der Waals surface area contributed by atoms with Crippen molar-refractivity contribution in [1.82, 2.24) is 4.98 Å². The quantitative estimate of drug-likeness (QED) is 0.858. The van der Waals surface area contributed by atoms with E-state index in [4.69, 9.17) is 9.47 Å². The first kappa shape index (κ1) is 15.2. The van der Waals surface area contributed by atoms with Crippen molar-refractivity contribution in [2.24, 2.45) is 5.92 Å². The van der Waals surface area contributed by atoms with Gasteiger partial charge < -0.3 is 9.47 Å². The lowest BCUT2D eigenvalue weighted by Crippen LogP contribution is -2.22. The molecule has 1 aromatic heterocycles. The van der Waals surface area contributed by atoms with Gasteiger partial charge in [0.25, 0.3) is 5.91 Å². The Morgan fingerprint density at radius 3 is 2.81 bits per heavy atom. The van der Waals surface area contributed by atoms with Crippen molar-refractivity contribution in [3.05, 3.63) is 18.2 Å². The van der Waals surface area contributed by atoms with E-state index in [1.807, 2.05) is 12.1 Å². The Morgan fingerprint density at radius 1 is 1.38 bits per heavy atom. The third-order valence-electron chi connectivity index (χ3n) is 2.66. The van der Waals surface area contributed by atoms with Gasteiger partial charge in [0.05, 0.1) is 23.2 Å². The van der Waals surface area contributed by atoms with E-state index in [2.05, 4.69) is 10.3 Å². The molecule has 0 aliphatic heterocycles. The van der Waals surface area contributed by atoms with Crippen LogP contribution < -0.4 is 10.1 Å². The van der Waals surface area contributed by atoms with Crippen molar-refractivity contribution in [2.45, 2.75) is 13.8 Å². The Bertz CT molecular complexity index is 666. The number of nitrogens with zero attached hydrogens (tertiary/aromatic N) is 1. The molecule has 7 heteroatoms. The molecule has 0 saturated carbocycles. The van der Waals surface area contributed by atoms with Gasteiger partial charge in [0.1, 0.15) is 5.75 Å². The summed E-state index contributed by atoms with van der Waals surface area (Å²) in [5, 5.41) is 3.08. The second-order valence-electron chi connectivity index (χ2n) is 4.66. The fourth-order valence-electron chi connectivity index (χ4n) is 1.54. The van der Waals surface area contributed by atoms with Crippen LogP contribution in [0.2, 0.25) is 0 Å². The van der Waals surface area contributed by atoms with Gasteiger partial charge in [-0.3, -0.25) is 14.9 Å². The molecule has 112 valence electrons. The third kappa shape index (κ3) is 3.91. The molecular formula is C14H16N2O4S. The van der Waals surface area contributed by atoms with Gasteiger partial charge in [-0.1, -0.05) is 25.2 Å². The van der Waals surface area contributed by atoms with E-state index in [9.17, 15) is 9.59 Å². The minimum atomic E-state index is -0.407. The molecule has 0 radical (unpaired) electrons. The molecule has 0 fully saturated rings. The van der Waals surface area contributed by atoms with Crippen molar-refractivity contribution >= 4 is 38.6 Å². The molecule has 0 bridgehead atoms. The number of carbonyl (C=O) groups is 2. The molecule has 2 rings (SSSR count). The number of rotatable bonds is 5. The number of thiazole rings is 1. The highest BCUT2D eigenvalue weighted by atomic mass is 32.1. The number of carbonyl (C=O) groups excluding carboxylic acids is 2. The van der Waals surface area contributed by atoms with Crippen LogP contribution in [0.4, 0.5) is 5.13 Å². The van der Waals surface area contributed by atoms with Crippen LogP contribution in [0.1, 0.15) is 13.8 Å². The molecule has 1 amide bonds. The van der Waals surface area contributed by atoms with Gasteiger partial charge in [-0.25, -0.2) is 4.98 Å². The van der Waals surface area contributed by atoms with Crippen LogP contribution in [-0.2, 0) is 14.3 Å². The first-order valence-corrected chi connectivity index (χ1v) is 7.22. The summed E-state index contributed by atoms with van der Waals surface area (Å²) in [6.07, 6.45) is 0. The van der Waals surface area contributed by atoms with E-state index >= 15 is 0 Å². The molecule has 1 heterocycles. The molecule has 0 aliphatic rings. The van der Waals surface area contributed by atoms with Gasteiger partial charge in [0.15, 0.2) is 11.7 Å². The topological polar surface area (TPSA) is 77.5 Å². The van der Waals surface area contributed by atoms with Crippen LogP contribution in [0.15, 0.2) is 18.2 Å². The molecule has 1 N–H and O–H groups in total. The number of ether oxygens (including phenoxy) is 2. The van der Waals surface area contributed by atoms with E-state index < -0.39 is 11.9 Å². The zero-order valence-corrected chi connectivity index (χ0v) is 12.8. The summed E-state index contributed by atoms with van der Waals surface area (Å²) in [7, 11) is 1.59. The van der Waals surface area contributed by atoms with Crippen LogP contribution in [0, 0.1) is 5.92 Å². The van der Waals surface area contributed by atoms with Crippen LogP contribution in [-0.4, -0.2) is 30.6 Å². The second kappa shape index (κ2) is 6.53. The lowest BCUT2D eigenvalue weighted by atomic mass is 10.2. The molecular weight excluding hydrogens is 292 g/mol. The SMILES string of the molecule is COc1ccc2nc(NC(=O)COC(=O)C(C)C)sc2c1. The maximum absolute atomic E-state index is 11.7. The standard InChI is InChI=1S/C14H16N2O4S/c1-8(2)13(18)20-7-12(17)16-14-15-10-5-4-9(19-3)6-11(10)21-14/h4-6,8H,7H2,1-3H3,(H,15,16,17). The van der Waals surface area contributed by atoms with Gasteiger partial charge in [-0.05, 0) is 18.2 Å². The molecule has 0 spiro atoms. The minimum Gasteiger partial charge on any atom is -0.497 e. The van der Waals surface area contributed by atoms with Gasteiger partial charge in [0, 0.05) is 0 Å². The summed E-state index contributed by atoms with van der Waals surface area (Å²) >= 11 is 1.33. The van der Waals surface area contributed by atoms with Crippen LogP contribution in [0.5, 0.6) is 5.75 Å². The predicted octanol–water partition coefficient (Wildman–Crippen LogP) is 2.44. The zero-order chi connectivity index (χ0) is 15.4. The summed E-state index contributed by atoms with van der Waals surface area (Å²) in [5.74, 6) is -0.336. The van der Waals surface area contributed by atoms with Crippen molar-refractivity contribution in [1.29, 1.82) is 0 Å². The lowest BCUT2D eigenvalue weighted by molar-refractivity contribution is -0.150. The number of hydrogen-bond donors (Lipinski definition) is 1. The summed E-state index contributed by atoms with van der Waals surface area (Å²) in [6, 6.07) is 5.47. The summed E-state index contributed by atoms with van der Waals surface area (Å²) in [4.78, 5) is 27.3. The molecule has 0 saturated heterocycles. The minimum absolute atomic E-state index is 0.257. The van der Waals surface area contributed by atoms with Gasteiger partial charge in [0.2, 0.25) is 0 Å². The number of aromatic nitrogens is 1. The average Bonchev–Trinajstić information content (AvgIpc) is 2.85. The van der Waals surface area contributed by atoms with Crippen molar-refractivity contribution in [3.63, 3.8) is 0 Å². The van der Waals surface area contributed by atoms with Gasteiger partial charge in [-0.15, -0.1) is 0 Å². The number of amides is 1. The maximum Gasteiger partial charge on any atom is 0.308 e. The van der Waals surface area contributed by atoms with Gasteiger partial charge in [-0.2, -0.15) is 0 Å². The zero-order valence-electron chi connectivity index (χ0n) is 12.0. The number of esters is 1. The highest BCUT2D eigenvalue weighted by Crippen LogP contribution is 2.29. The number of fused-ring (bicyclic) bond motifs is 1. The van der Waals surface area contributed by atoms with Crippen molar-refractivity contribution in [3.8, 4) is 5.75 Å². The van der Waals surface area contributed by atoms with E-state index in [1.165, 1.54) is 11.3 Å². The number of anilines is 1. The number of benzene rings is 1. The monoisotopic (exact) mass is 308 g/mol. The molecule has 2 aromatic rings. The molecule has 0 atom stereocenters. The van der Waals surface area contributed by atoms with Crippen LogP contribution in [0.25, 0.3) is 10.2 Å². The first-order chi connectivity index (χ1) is 9.99. The largest absolute Gasteiger partial charge is 0.497 e. The van der Waals surface area contributed by atoms with Gasteiger partial charge >= 0.3 is 5.97 Å². The molecule has 1 aromatic carbocycles. The summed E-state index contributed by atoms with van der Waals surface area (Å²) in [6.45, 7) is 3.11. The van der Waals surface area contributed by atoms with E-state index in [1.54, 1.807) is 27.0 Å². The average molecular weight is 308 g/mol. The molecule has 0 aliphatic carbocycles. The fourth-order valence-corrected chi connectivity index (χ4v) is 2.45. The Morgan fingerprint density at radius 2 is 2.14 bits per heavy atom. The normalized spacial score (nSPS) is 10.7. The summed E-state index contributed by atoms with van der Waals surface area (Å²) < 4.78 is 10.9. The Labute approximate surface area is 126 Å².